The molecule has 0 N–H and O–H groups in total. The number of hydrogen-bond donors (Lipinski definition) is 0. The summed E-state index contributed by atoms with van der Waals surface area (Å²) in [5.41, 5.74) is 1.16. The number of aryl methyl sites for hydroxylation is 2. The van der Waals surface area contributed by atoms with Crippen LogP contribution in [-0.4, -0.2) is 38.8 Å². The van der Waals surface area contributed by atoms with Crippen LogP contribution in [0, 0.1) is 6.92 Å². The molecule has 2 aromatic heterocycles. The van der Waals surface area contributed by atoms with E-state index in [2.05, 4.69) is 15.0 Å². The number of piperidine rings is 1. The number of amides is 1. The molecule has 1 amide bonds. The maximum atomic E-state index is 12.9. The van der Waals surface area contributed by atoms with Gasteiger partial charge in [-0.1, -0.05) is 0 Å². The third-order valence-corrected chi connectivity index (χ3v) is 5.53. The number of rotatable bonds is 1. The zero-order chi connectivity index (χ0) is 19.2. The summed E-state index contributed by atoms with van der Waals surface area (Å²) in [6.45, 7) is 2.96. The van der Waals surface area contributed by atoms with Gasteiger partial charge in [0.05, 0.1) is 11.3 Å². The van der Waals surface area contributed by atoms with Gasteiger partial charge in [0.25, 0.3) is 5.91 Å². The van der Waals surface area contributed by atoms with Gasteiger partial charge >= 0.3 is 6.18 Å². The third-order valence-electron chi connectivity index (χ3n) is 5.53. The predicted octanol–water partition coefficient (Wildman–Crippen LogP) is 3.32. The maximum Gasteiger partial charge on any atom is 0.433 e. The van der Waals surface area contributed by atoms with E-state index in [9.17, 15) is 18.0 Å². The second-order valence-corrected chi connectivity index (χ2v) is 7.33. The van der Waals surface area contributed by atoms with Crippen molar-refractivity contribution in [2.45, 2.75) is 44.2 Å². The van der Waals surface area contributed by atoms with Crippen molar-refractivity contribution < 1.29 is 18.0 Å². The number of likely N-dealkylation sites (tertiary alicyclic amines) is 1. The lowest BCUT2D eigenvalue weighted by atomic mass is 9.77. The molecule has 2 aromatic rings. The van der Waals surface area contributed by atoms with Crippen molar-refractivity contribution in [3.63, 3.8) is 0 Å². The average molecular weight is 376 g/mol. The van der Waals surface area contributed by atoms with Gasteiger partial charge in [-0.3, -0.25) is 9.78 Å². The molecule has 1 saturated heterocycles. The van der Waals surface area contributed by atoms with E-state index in [0.717, 1.165) is 49.2 Å². The Labute approximate surface area is 154 Å². The standard InChI is InChI=1S/C19H19F3N4O/c1-12-23-9-13-5-7-18(16(13)25-12)6-2-8-26(11-18)17(27)14-3-4-15(24-10-14)19(20,21)22/h3-4,9-10H,2,5-8,11H2,1H3. The fourth-order valence-corrected chi connectivity index (χ4v) is 4.20. The van der Waals surface area contributed by atoms with E-state index in [4.69, 9.17) is 0 Å². The molecule has 0 radical (unpaired) electrons. The molecule has 1 aliphatic carbocycles. The Hall–Kier alpha value is -2.51. The van der Waals surface area contributed by atoms with Crippen LogP contribution in [0.4, 0.5) is 13.2 Å². The first-order valence-corrected chi connectivity index (χ1v) is 8.94. The van der Waals surface area contributed by atoms with Gasteiger partial charge in [0.1, 0.15) is 11.5 Å². The smallest absolute Gasteiger partial charge is 0.338 e. The first-order valence-electron chi connectivity index (χ1n) is 8.94. The number of carbonyl (C=O) groups is 1. The van der Waals surface area contributed by atoms with Gasteiger partial charge in [0.15, 0.2) is 0 Å². The van der Waals surface area contributed by atoms with E-state index in [1.807, 2.05) is 13.1 Å². The van der Waals surface area contributed by atoms with Gasteiger partial charge in [0.2, 0.25) is 0 Å². The molecule has 2 aliphatic rings. The van der Waals surface area contributed by atoms with Crippen molar-refractivity contribution in [1.82, 2.24) is 19.9 Å². The lowest BCUT2D eigenvalue weighted by Gasteiger charge is -2.40. The molecule has 27 heavy (non-hydrogen) atoms. The van der Waals surface area contributed by atoms with Gasteiger partial charge in [-0.25, -0.2) is 9.97 Å². The summed E-state index contributed by atoms with van der Waals surface area (Å²) in [4.78, 5) is 26.9. The van der Waals surface area contributed by atoms with Gasteiger partial charge in [-0.2, -0.15) is 13.2 Å². The topological polar surface area (TPSA) is 59.0 Å². The van der Waals surface area contributed by atoms with Gasteiger partial charge in [-0.05, 0) is 50.3 Å². The van der Waals surface area contributed by atoms with E-state index >= 15 is 0 Å². The number of halogens is 3. The molecule has 4 rings (SSSR count). The summed E-state index contributed by atoms with van der Waals surface area (Å²) in [5, 5.41) is 0. The van der Waals surface area contributed by atoms with E-state index in [1.165, 1.54) is 6.07 Å². The van der Waals surface area contributed by atoms with Crippen LogP contribution in [-0.2, 0) is 18.0 Å². The molecule has 0 saturated carbocycles. The monoisotopic (exact) mass is 376 g/mol. The molecule has 1 aliphatic heterocycles. The summed E-state index contributed by atoms with van der Waals surface area (Å²) in [6, 6.07) is 2.06. The summed E-state index contributed by atoms with van der Waals surface area (Å²) >= 11 is 0. The number of hydrogen-bond acceptors (Lipinski definition) is 4. The fraction of sp³-hybridized carbons (Fsp3) is 0.474. The van der Waals surface area contributed by atoms with Crippen molar-refractivity contribution >= 4 is 5.91 Å². The molecule has 1 unspecified atom stereocenters. The van der Waals surface area contributed by atoms with E-state index in [-0.39, 0.29) is 16.9 Å². The molecule has 0 aromatic carbocycles. The number of fused-ring (bicyclic) bond motifs is 2. The highest BCUT2D eigenvalue weighted by Gasteiger charge is 2.44. The van der Waals surface area contributed by atoms with Crippen LogP contribution in [0.3, 0.4) is 0 Å². The molecule has 3 heterocycles. The minimum atomic E-state index is -4.51. The SMILES string of the molecule is Cc1ncc2c(n1)C1(CCCN(C(=O)c3ccc(C(F)(F)F)nc3)C1)CC2. The molecule has 8 heteroatoms. The minimum Gasteiger partial charge on any atom is -0.338 e. The Balaban J connectivity index is 1.58. The second-order valence-electron chi connectivity index (χ2n) is 7.33. The highest BCUT2D eigenvalue weighted by molar-refractivity contribution is 5.94. The van der Waals surface area contributed by atoms with Gasteiger partial charge < -0.3 is 4.90 Å². The molecule has 1 fully saturated rings. The van der Waals surface area contributed by atoms with Gasteiger partial charge in [0, 0.05) is 30.9 Å². The number of carbonyl (C=O) groups excluding carboxylic acids is 1. The molecular weight excluding hydrogens is 357 g/mol. The van der Waals surface area contributed by atoms with Crippen LogP contribution in [0.5, 0.6) is 0 Å². The zero-order valence-electron chi connectivity index (χ0n) is 14.9. The average Bonchev–Trinajstić information content (AvgIpc) is 2.98. The van der Waals surface area contributed by atoms with Crippen LogP contribution in [0.25, 0.3) is 0 Å². The second kappa shape index (κ2) is 6.28. The lowest BCUT2D eigenvalue weighted by Crippen LogP contribution is -2.48. The minimum absolute atomic E-state index is 0.178. The normalized spacial score (nSPS) is 22.1. The van der Waals surface area contributed by atoms with Gasteiger partial charge in [-0.15, -0.1) is 0 Å². The van der Waals surface area contributed by atoms with E-state index in [0.29, 0.717) is 18.9 Å². The van der Waals surface area contributed by atoms with Crippen molar-refractivity contribution in [3.8, 4) is 0 Å². The number of aromatic nitrogens is 3. The number of nitrogens with zero attached hydrogens (tertiary/aromatic N) is 4. The number of pyridine rings is 1. The van der Waals surface area contributed by atoms with E-state index < -0.39 is 11.9 Å². The molecule has 0 bridgehead atoms. The molecule has 1 spiro atoms. The fourth-order valence-electron chi connectivity index (χ4n) is 4.20. The molecule has 1 atom stereocenters. The Morgan fingerprint density at radius 1 is 1.19 bits per heavy atom. The Kier molecular flexibility index (Phi) is 4.16. The maximum absolute atomic E-state index is 12.9. The van der Waals surface area contributed by atoms with Crippen molar-refractivity contribution in [2.24, 2.45) is 0 Å². The molecule has 142 valence electrons. The van der Waals surface area contributed by atoms with Crippen LogP contribution < -0.4 is 0 Å². The Morgan fingerprint density at radius 2 is 2.00 bits per heavy atom. The zero-order valence-corrected chi connectivity index (χ0v) is 14.9. The highest BCUT2D eigenvalue weighted by Crippen LogP contribution is 2.44. The van der Waals surface area contributed by atoms with Crippen molar-refractivity contribution in [3.05, 3.63) is 52.9 Å². The molecular formula is C19H19F3N4O. The largest absolute Gasteiger partial charge is 0.433 e. The quantitative estimate of drug-likeness (QED) is 0.766. The Bertz CT molecular complexity index is 878. The third kappa shape index (κ3) is 3.17. The highest BCUT2D eigenvalue weighted by atomic mass is 19.4. The number of alkyl halides is 3. The van der Waals surface area contributed by atoms with E-state index in [1.54, 1.807) is 4.90 Å². The lowest BCUT2D eigenvalue weighted by molar-refractivity contribution is -0.141. The predicted molar refractivity (Wildman–Crippen MR) is 91.1 cm³/mol. The summed E-state index contributed by atoms with van der Waals surface area (Å²) in [5.74, 6) is 0.431. The van der Waals surface area contributed by atoms with Crippen LogP contribution in [0.2, 0.25) is 0 Å². The van der Waals surface area contributed by atoms with Crippen LogP contribution in [0.15, 0.2) is 24.5 Å². The van der Waals surface area contributed by atoms with Crippen LogP contribution >= 0.6 is 0 Å². The first kappa shape index (κ1) is 17.9. The van der Waals surface area contributed by atoms with Crippen molar-refractivity contribution in [2.75, 3.05) is 13.1 Å². The van der Waals surface area contributed by atoms with Crippen LogP contribution in [0.1, 0.15) is 52.4 Å². The summed E-state index contributed by atoms with van der Waals surface area (Å²) < 4.78 is 38.0. The summed E-state index contributed by atoms with van der Waals surface area (Å²) in [7, 11) is 0. The van der Waals surface area contributed by atoms with Crippen molar-refractivity contribution in [1.29, 1.82) is 0 Å². The first-order chi connectivity index (χ1) is 12.8. The Morgan fingerprint density at radius 3 is 2.70 bits per heavy atom. The molecule has 5 nitrogen and oxygen atoms in total. The summed E-state index contributed by atoms with van der Waals surface area (Å²) in [6.07, 6.45) is 1.96.